The van der Waals surface area contributed by atoms with Gasteiger partial charge in [-0.1, -0.05) is 23.2 Å². The topological polar surface area (TPSA) is 35.8 Å². The van der Waals surface area contributed by atoms with Crippen LogP contribution < -0.4 is 5.32 Å². The fraction of sp³-hybridized carbons (Fsp3) is 0.364. The number of hydrogen-bond donors (Lipinski definition) is 1. The Morgan fingerprint density at radius 3 is 2.69 bits per heavy atom. The first-order valence-corrected chi connectivity index (χ1v) is 6.46. The number of rotatable bonds is 5. The van der Waals surface area contributed by atoms with Gasteiger partial charge in [-0.3, -0.25) is 0 Å². The summed E-state index contributed by atoms with van der Waals surface area (Å²) in [7, 11) is 0. The van der Waals surface area contributed by atoms with Crippen LogP contribution in [0.15, 0.2) is 16.6 Å². The third kappa shape index (κ3) is 3.86. The molecule has 86 valence electrons. The summed E-state index contributed by atoms with van der Waals surface area (Å²) in [6, 6.07) is 5.84. The van der Waals surface area contributed by atoms with Crippen LogP contribution in [0.3, 0.4) is 0 Å². The summed E-state index contributed by atoms with van der Waals surface area (Å²) in [6.45, 7) is 0.791. The molecule has 2 nitrogen and oxygen atoms in total. The van der Waals surface area contributed by atoms with E-state index in [2.05, 4.69) is 27.3 Å². The number of hydrogen-bond acceptors (Lipinski definition) is 2. The van der Waals surface area contributed by atoms with Crippen molar-refractivity contribution in [2.75, 3.05) is 11.9 Å². The molecular weight excluding hydrogens is 311 g/mol. The summed E-state index contributed by atoms with van der Waals surface area (Å²) in [6.07, 6.45) is 2.43. The monoisotopic (exact) mass is 320 g/mol. The first kappa shape index (κ1) is 13.6. The van der Waals surface area contributed by atoms with Gasteiger partial charge in [-0.2, -0.15) is 5.26 Å². The predicted molar refractivity (Wildman–Crippen MR) is 72.1 cm³/mol. The van der Waals surface area contributed by atoms with Crippen molar-refractivity contribution in [2.24, 2.45) is 0 Å². The van der Waals surface area contributed by atoms with Crippen molar-refractivity contribution in [3.8, 4) is 6.07 Å². The van der Waals surface area contributed by atoms with Crippen molar-refractivity contribution >= 4 is 44.8 Å². The molecule has 0 heterocycles. The summed E-state index contributed by atoms with van der Waals surface area (Å²) >= 11 is 15.3. The first-order chi connectivity index (χ1) is 7.66. The Labute approximate surface area is 114 Å². The lowest BCUT2D eigenvalue weighted by Gasteiger charge is -2.09. The minimum atomic E-state index is 0.517. The molecule has 0 aromatic heterocycles. The van der Waals surface area contributed by atoms with Crippen LogP contribution in [0.25, 0.3) is 0 Å². The van der Waals surface area contributed by atoms with E-state index in [9.17, 15) is 0 Å². The van der Waals surface area contributed by atoms with E-state index < -0.39 is 0 Å². The van der Waals surface area contributed by atoms with Crippen molar-refractivity contribution in [3.05, 3.63) is 26.7 Å². The van der Waals surface area contributed by atoms with Gasteiger partial charge in [-0.05, 0) is 40.9 Å². The van der Waals surface area contributed by atoms with Crippen LogP contribution in [0.2, 0.25) is 10.0 Å². The average Bonchev–Trinajstić information content (AvgIpc) is 2.28. The van der Waals surface area contributed by atoms with Crippen molar-refractivity contribution in [2.45, 2.75) is 19.3 Å². The van der Waals surface area contributed by atoms with E-state index in [0.717, 1.165) is 29.5 Å². The number of nitrogens with one attached hydrogen (secondary N) is 1. The second-order valence-corrected chi connectivity index (χ2v) is 4.88. The van der Waals surface area contributed by atoms with Gasteiger partial charge in [0.15, 0.2) is 0 Å². The minimum absolute atomic E-state index is 0.517. The van der Waals surface area contributed by atoms with E-state index in [1.807, 2.05) is 12.1 Å². The van der Waals surface area contributed by atoms with Gasteiger partial charge >= 0.3 is 0 Å². The van der Waals surface area contributed by atoms with Gasteiger partial charge in [0, 0.05) is 17.4 Å². The summed E-state index contributed by atoms with van der Waals surface area (Å²) in [5.41, 5.74) is 0.826. The van der Waals surface area contributed by atoms with E-state index in [1.165, 1.54) is 0 Å². The summed E-state index contributed by atoms with van der Waals surface area (Å²) in [5.74, 6) is 0. The second-order valence-electron chi connectivity index (χ2n) is 3.26. The first-order valence-electron chi connectivity index (χ1n) is 4.91. The smallest absolute Gasteiger partial charge is 0.0835 e. The zero-order valence-electron chi connectivity index (χ0n) is 8.56. The van der Waals surface area contributed by atoms with Crippen LogP contribution in [-0.2, 0) is 0 Å². The van der Waals surface area contributed by atoms with Gasteiger partial charge in [0.25, 0.3) is 0 Å². The van der Waals surface area contributed by atoms with Crippen molar-refractivity contribution in [1.29, 1.82) is 5.26 Å². The normalized spacial score (nSPS) is 9.88. The standard InChI is InChI=1S/C11H11BrCl2N2/c12-8-4-5-9(11(14)10(8)13)16-7-3-1-2-6-15/h4-5,16H,1-3,7H2. The van der Waals surface area contributed by atoms with Gasteiger partial charge in [0.1, 0.15) is 0 Å². The number of halogens is 3. The van der Waals surface area contributed by atoms with Gasteiger partial charge in [-0.25, -0.2) is 0 Å². The highest BCUT2D eigenvalue weighted by Gasteiger charge is 2.07. The Morgan fingerprint density at radius 1 is 1.25 bits per heavy atom. The maximum atomic E-state index is 8.38. The Morgan fingerprint density at radius 2 is 2.00 bits per heavy atom. The zero-order chi connectivity index (χ0) is 12.0. The van der Waals surface area contributed by atoms with Crippen LogP contribution in [-0.4, -0.2) is 6.54 Å². The Bertz CT molecular complexity index is 402. The summed E-state index contributed by atoms with van der Waals surface area (Å²) in [5, 5.41) is 12.6. The Balaban J connectivity index is 2.49. The molecule has 1 N–H and O–H groups in total. The lowest BCUT2D eigenvalue weighted by atomic mass is 10.2. The van der Waals surface area contributed by atoms with Crippen LogP contribution in [0.1, 0.15) is 19.3 Å². The number of nitriles is 1. The van der Waals surface area contributed by atoms with Crippen molar-refractivity contribution < 1.29 is 0 Å². The molecule has 1 rings (SSSR count). The van der Waals surface area contributed by atoms with E-state index in [4.69, 9.17) is 28.5 Å². The molecule has 0 unspecified atom stereocenters. The predicted octanol–water partition coefficient (Wildman–Crippen LogP) is 4.86. The van der Waals surface area contributed by atoms with Crippen molar-refractivity contribution in [1.82, 2.24) is 0 Å². The maximum absolute atomic E-state index is 8.38. The van der Waals surface area contributed by atoms with Crippen molar-refractivity contribution in [3.63, 3.8) is 0 Å². The highest BCUT2D eigenvalue weighted by Crippen LogP contribution is 2.35. The largest absolute Gasteiger partial charge is 0.384 e. The summed E-state index contributed by atoms with van der Waals surface area (Å²) < 4.78 is 0.786. The second kappa shape index (κ2) is 7.01. The molecule has 0 aliphatic rings. The van der Waals surface area contributed by atoms with E-state index >= 15 is 0 Å². The molecule has 0 radical (unpaired) electrons. The molecule has 16 heavy (non-hydrogen) atoms. The lowest BCUT2D eigenvalue weighted by molar-refractivity contribution is 0.785. The molecule has 1 aromatic rings. The number of unbranched alkanes of at least 4 members (excludes halogenated alkanes) is 2. The molecule has 0 aliphatic heterocycles. The molecule has 0 atom stereocenters. The van der Waals surface area contributed by atoms with E-state index in [1.54, 1.807) is 0 Å². The molecule has 0 aliphatic carbocycles. The lowest BCUT2D eigenvalue weighted by Crippen LogP contribution is -2.01. The minimum Gasteiger partial charge on any atom is -0.384 e. The molecule has 0 saturated carbocycles. The third-order valence-corrected chi connectivity index (χ3v) is 3.84. The molecule has 1 aromatic carbocycles. The molecule has 5 heteroatoms. The number of nitrogens with zero attached hydrogens (tertiary/aromatic N) is 1. The van der Waals surface area contributed by atoms with Gasteiger partial charge in [-0.15, -0.1) is 0 Å². The molecule has 0 saturated heterocycles. The maximum Gasteiger partial charge on any atom is 0.0835 e. The fourth-order valence-electron chi connectivity index (χ4n) is 1.21. The summed E-state index contributed by atoms with van der Waals surface area (Å²) in [4.78, 5) is 0. The van der Waals surface area contributed by atoms with Gasteiger partial charge in [0.2, 0.25) is 0 Å². The number of benzene rings is 1. The fourth-order valence-corrected chi connectivity index (χ4v) is 2.06. The van der Waals surface area contributed by atoms with Crippen LogP contribution in [0.4, 0.5) is 5.69 Å². The van der Waals surface area contributed by atoms with Crippen LogP contribution >= 0.6 is 39.1 Å². The molecular formula is C11H11BrCl2N2. The van der Waals surface area contributed by atoms with E-state index in [0.29, 0.717) is 16.5 Å². The third-order valence-electron chi connectivity index (χ3n) is 2.07. The van der Waals surface area contributed by atoms with Gasteiger partial charge < -0.3 is 5.32 Å². The highest BCUT2D eigenvalue weighted by atomic mass is 79.9. The average molecular weight is 322 g/mol. The SMILES string of the molecule is N#CCCCCNc1ccc(Br)c(Cl)c1Cl. The molecule has 0 amide bonds. The Kier molecular flexibility index (Phi) is 5.97. The quantitative estimate of drug-likeness (QED) is 0.621. The van der Waals surface area contributed by atoms with Crippen LogP contribution in [0, 0.1) is 11.3 Å². The molecule has 0 spiro atoms. The van der Waals surface area contributed by atoms with Crippen LogP contribution in [0.5, 0.6) is 0 Å². The molecule has 0 bridgehead atoms. The van der Waals surface area contributed by atoms with Gasteiger partial charge in [0.05, 0.1) is 21.8 Å². The Hall–Kier alpha value is -0.430. The zero-order valence-corrected chi connectivity index (χ0v) is 11.7. The molecule has 0 fully saturated rings. The highest BCUT2D eigenvalue weighted by molar-refractivity contribution is 9.10. The number of anilines is 1. The van der Waals surface area contributed by atoms with E-state index in [-0.39, 0.29) is 0 Å².